The van der Waals surface area contributed by atoms with Gasteiger partial charge in [-0.25, -0.2) is 8.42 Å². The molecule has 0 spiro atoms. The molecule has 202 valence electrons. The van der Waals surface area contributed by atoms with Gasteiger partial charge in [0.2, 0.25) is 11.8 Å². The highest BCUT2D eigenvalue weighted by Crippen LogP contribution is 2.25. The molecule has 0 bridgehead atoms. The summed E-state index contributed by atoms with van der Waals surface area (Å²) in [5.74, 6) is -0.789. The van der Waals surface area contributed by atoms with Crippen LogP contribution in [0.5, 0.6) is 0 Å². The number of hydrogen-bond acceptors (Lipinski definition) is 4. The van der Waals surface area contributed by atoms with Crippen molar-refractivity contribution in [3.05, 3.63) is 95.0 Å². The molecule has 3 aromatic carbocycles. The second kappa shape index (κ2) is 12.9. The van der Waals surface area contributed by atoms with Crippen molar-refractivity contribution in [3.63, 3.8) is 0 Å². The summed E-state index contributed by atoms with van der Waals surface area (Å²) in [4.78, 5) is 28.6. The van der Waals surface area contributed by atoms with Crippen LogP contribution in [0.2, 0.25) is 5.02 Å². The number of nitrogens with zero attached hydrogens (tertiary/aromatic N) is 2. The zero-order chi connectivity index (χ0) is 27.9. The number of para-hydroxylation sites is 1. The Morgan fingerprint density at radius 1 is 0.921 bits per heavy atom. The Balaban J connectivity index is 2.03. The molecule has 7 nitrogen and oxygen atoms in total. The van der Waals surface area contributed by atoms with Gasteiger partial charge in [-0.05, 0) is 69.2 Å². The Morgan fingerprint density at radius 3 is 2.08 bits per heavy atom. The minimum absolute atomic E-state index is 0.0774. The Bertz CT molecular complexity index is 1330. The van der Waals surface area contributed by atoms with E-state index in [4.69, 9.17) is 11.6 Å². The monoisotopic (exact) mass is 555 g/mol. The van der Waals surface area contributed by atoms with Gasteiger partial charge in [-0.1, -0.05) is 66.6 Å². The molecule has 2 amide bonds. The van der Waals surface area contributed by atoms with Gasteiger partial charge in [-0.15, -0.1) is 0 Å². The number of carbonyl (C=O) groups is 2. The van der Waals surface area contributed by atoms with Crippen molar-refractivity contribution in [1.29, 1.82) is 0 Å². The third kappa shape index (κ3) is 7.36. The molecule has 0 aromatic heterocycles. The first-order chi connectivity index (χ1) is 18.0. The van der Waals surface area contributed by atoms with Crippen molar-refractivity contribution in [2.45, 2.75) is 57.6 Å². The molecule has 0 fully saturated rings. The molecule has 0 aliphatic heterocycles. The van der Waals surface area contributed by atoms with Gasteiger partial charge in [0.1, 0.15) is 12.6 Å². The summed E-state index contributed by atoms with van der Waals surface area (Å²) in [5.41, 5.74) is 2.04. The SMILES string of the molecule is CC[C@@H](C(=O)NC(C)C)N(Cc1ccc(Cl)cc1)C(=O)CN(c1ccccc1)S(=O)(=O)c1ccc(C)cc1. The number of anilines is 1. The molecular weight excluding hydrogens is 522 g/mol. The first-order valence-corrected chi connectivity index (χ1v) is 14.3. The number of carbonyl (C=O) groups excluding carboxylic acids is 2. The maximum atomic E-state index is 13.9. The Labute approximate surface area is 230 Å². The van der Waals surface area contributed by atoms with Gasteiger partial charge in [0.15, 0.2) is 0 Å². The molecule has 0 saturated carbocycles. The van der Waals surface area contributed by atoms with Crippen LogP contribution in [0.1, 0.15) is 38.3 Å². The van der Waals surface area contributed by atoms with Crippen LogP contribution in [-0.2, 0) is 26.2 Å². The second-order valence-corrected chi connectivity index (χ2v) is 11.7. The lowest BCUT2D eigenvalue weighted by molar-refractivity contribution is -0.140. The van der Waals surface area contributed by atoms with Crippen LogP contribution in [0.15, 0.2) is 83.8 Å². The fourth-order valence-electron chi connectivity index (χ4n) is 4.05. The minimum Gasteiger partial charge on any atom is -0.352 e. The summed E-state index contributed by atoms with van der Waals surface area (Å²) in [6, 6.07) is 21.1. The lowest BCUT2D eigenvalue weighted by Crippen LogP contribution is -2.53. The largest absolute Gasteiger partial charge is 0.352 e. The Hall–Kier alpha value is -3.36. The third-order valence-corrected chi connectivity index (χ3v) is 8.06. The normalized spacial score (nSPS) is 12.2. The highest BCUT2D eigenvalue weighted by molar-refractivity contribution is 7.92. The predicted molar refractivity (Wildman–Crippen MR) is 152 cm³/mol. The highest BCUT2D eigenvalue weighted by Gasteiger charge is 2.33. The van der Waals surface area contributed by atoms with E-state index in [9.17, 15) is 18.0 Å². The van der Waals surface area contributed by atoms with E-state index in [1.165, 1.54) is 17.0 Å². The molecule has 38 heavy (non-hydrogen) atoms. The van der Waals surface area contributed by atoms with Gasteiger partial charge >= 0.3 is 0 Å². The summed E-state index contributed by atoms with van der Waals surface area (Å²) >= 11 is 6.05. The number of amides is 2. The molecule has 1 atom stereocenters. The number of hydrogen-bond donors (Lipinski definition) is 1. The van der Waals surface area contributed by atoms with Gasteiger partial charge in [-0.3, -0.25) is 13.9 Å². The first-order valence-electron chi connectivity index (χ1n) is 12.5. The molecule has 0 radical (unpaired) electrons. The van der Waals surface area contributed by atoms with Crippen LogP contribution in [0.25, 0.3) is 0 Å². The van der Waals surface area contributed by atoms with E-state index in [0.717, 1.165) is 15.4 Å². The molecule has 0 unspecified atom stereocenters. The Kier molecular flexibility index (Phi) is 9.94. The molecule has 0 aliphatic carbocycles. The summed E-state index contributed by atoms with van der Waals surface area (Å²) in [6.45, 7) is 7.04. The van der Waals surface area contributed by atoms with E-state index in [2.05, 4.69) is 5.32 Å². The molecule has 0 aliphatic rings. The summed E-state index contributed by atoms with van der Waals surface area (Å²) in [5, 5.41) is 3.44. The molecule has 9 heteroatoms. The number of rotatable bonds is 11. The average molecular weight is 556 g/mol. The number of halogens is 1. The van der Waals surface area contributed by atoms with Crippen molar-refractivity contribution in [3.8, 4) is 0 Å². The Morgan fingerprint density at radius 2 is 1.53 bits per heavy atom. The number of sulfonamides is 1. The van der Waals surface area contributed by atoms with Crippen molar-refractivity contribution < 1.29 is 18.0 Å². The van der Waals surface area contributed by atoms with E-state index in [-0.39, 0.29) is 23.4 Å². The van der Waals surface area contributed by atoms with Crippen molar-refractivity contribution in [2.24, 2.45) is 0 Å². The smallest absolute Gasteiger partial charge is 0.264 e. The van der Waals surface area contributed by atoms with E-state index >= 15 is 0 Å². The molecular formula is C29H34ClN3O4S. The second-order valence-electron chi connectivity index (χ2n) is 9.40. The van der Waals surface area contributed by atoms with E-state index in [0.29, 0.717) is 17.1 Å². The standard InChI is InChI=1S/C29H34ClN3O4S/c1-5-27(29(35)31-21(2)3)32(19-23-13-15-24(30)16-14-23)28(34)20-33(25-9-7-6-8-10-25)38(36,37)26-17-11-22(4)12-18-26/h6-18,21,27H,5,19-20H2,1-4H3,(H,31,35)/t27-/m0/s1. The lowest BCUT2D eigenvalue weighted by atomic mass is 10.1. The number of benzene rings is 3. The lowest BCUT2D eigenvalue weighted by Gasteiger charge is -2.33. The topological polar surface area (TPSA) is 86.8 Å². The maximum absolute atomic E-state index is 13.9. The average Bonchev–Trinajstić information content (AvgIpc) is 2.88. The summed E-state index contributed by atoms with van der Waals surface area (Å²) < 4.78 is 28.7. The zero-order valence-electron chi connectivity index (χ0n) is 22.1. The van der Waals surface area contributed by atoms with Crippen molar-refractivity contribution >= 4 is 39.1 Å². The van der Waals surface area contributed by atoms with Gasteiger partial charge in [0.05, 0.1) is 10.6 Å². The number of aryl methyl sites for hydroxylation is 1. The molecule has 3 aromatic rings. The third-order valence-electron chi connectivity index (χ3n) is 6.02. The van der Waals surface area contributed by atoms with E-state index < -0.39 is 28.5 Å². The zero-order valence-corrected chi connectivity index (χ0v) is 23.7. The molecule has 3 rings (SSSR count). The molecule has 0 saturated heterocycles. The summed E-state index contributed by atoms with van der Waals surface area (Å²) in [7, 11) is -4.08. The van der Waals surface area contributed by atoms with Crippen molar-refractivity contribution in [1.82, 2.24) is 10.2 Å². The summed E-state index contributed by atoms with van der Waals surface area (Å²) in [6.07, 6.45) is 0.355. The molecule has 1 N–H and O–H groups in total. The first kappa shape index (κ1) is 29.2. The predicted octanol–water partition coefficient (Wildman–Crippen LogP) is 5.18. The van der Waals surface area contributed by atoms with Gasteiger partial charge in [0, 0.05) is 17.6 Å². The van der Waals surface area contributed by atoms with Gasteiger partial charge in [0.25, 0.3) is 10.0 Å². The van der Waals surface area contributed by atoms with Crippen LogP contribution in [0, 0.1) is 6.92 Å². The van der Waals surface area contributed by atoms with Gasteiger partial charge in [-0.2, -0.15) is 0 Å². The van der Waals surface area contributed by atoms with E-state index in [1.807, 2.05) is 27.7 Å². The van der Waals surface area contributed by atoms with Crippen LogP contribution in [-0.4, -0.2) is 43.8 Å². The van der Waals surface area contributed by atoms with Gasteiger partial charge < -0.3 is 10.2 Å². The fraction of sp³-hybridized carbons (Fsp3) is 0.310. The van der Waals surface area contributed by atoms with Crippen LogP contribution in [0.4, 0.5) is 5.69 Å². The molecule has 0 heterocycles. The number of nitrogens with one attached hydrogen (secondary N) is 1. The van der Waals surface area contributed by atoms with Crippen molar-refractivity contribution in [2.75, 3.05) is 10.8 Å². The quantitative estimate of drug-likeness (QED) is 0.353. The fourth-order valence-corrected chi connectivity index (χ4v) is 5.59. The highest BCUT2D eigenvalue weighted by atomic mass is 35.5. The minimum atomic E-state index is -4.08. The van der Waals surface area contributed by atoms with Crippen LogP contribution in [0.3, 0.4) is 0 Å². The van der Waals surface area contributed by atoms with E-state index in [1.54, 1.807) is 66.7 Å². The maximum Gasteiger partial charge on any atom is 0.264 e. The van der Waals surface area contributed by atoms with Crippen LogP contribution < -0.4 is 9.62 Å². The van der Waals surface area contributed by atoms with Crippen LogP contribution >= 0.6 is 11.6 Å².